The number of carboxylic acids is 2. The van der Waals surface area contributed by atoms with Crippen LogP contribution in [0.2, 0.25) is 0 Å². The molecule has 0 saturated heterocycles. The van der Waals surface area contributed by atoms with Gasteiger partial charge in [-0.05, 0) is 0 Å². The van der Waals surface area contributed by atoms with Gasteiger partial charge in [0, 0.05) is 24.8 Å². The molecule has 0 unspecified atom stereocenters. The maximum absolute atomic E-state index is 9.86. The summed E-state index contributed by atoms with van der Waals surface area (Å²) in [5.74, 6) is -2.83. The average molecular weight is 281 g/mol. The third-order valence-electron chi connectivity index (χ3n) is 1.38. The molecule has 8 nitrogen and oxygen atoms in total. The molecule has 2 aromatic heterocycles. The first-order chi connectivity index (χ1) is 7.61. The zero-order valence-corrected chi connectivity index (χ0v) is 9.21. The molecule has 9 heteroatoms. The Labute approximate surface area is 105 Å². The fraction of sp³-hybridized carbons (Fsp3) is 0. The second kappa shape index (κ2) is 7.19. The molecule has 0 fully saturated rings. The number of nitrogens with one attached hydrogen (secondary N) is 2. The second-order valence-electron chi connectivity index (χ2n) is 2.45. The van der Waals surface area contributed by atoms with Crippen molar-refractivity contribution < 1.29 is 36.6 Å². The first kappa shape index (κ1) is 14.9. The largest absolute Gasteiger partial charge is 2.00 e. The Kier molecular flexibility index (Phi) is 6.29. The van der Waals surface area contributed by atoms with E-state index in [1.54, 1.807) is 0 Å². The second-order valence-corrected chi connectivity index (χ2v) is 2.45. The molecule has 0 bridgehead atoms. The van der Waals surface area contributed by atoms with E-state index in [4.69, 9.17) is 0 Å². The maximum Gasteiger partial charge on any atom is 2.00 e. The van der Waals surface area contributed by atoms with Crippen LogP contribution in [-0.2, 0) is 16.8 Å². The zero-order valence-electron chi connectivity index (χ0n) is 8.17. The molecule has 0 atom stereocenters. The summed E-state index contributed by atoms with van der Waals surface area (Å²) in [5, 5.41) is 19.7. The Morgan fingerprint density at radius 1 is 0.941 bits per heavy atom. The average Bonchev–Trinajstić information content (AvgIpc) is 2.93. The number of nitrogens with zero attached hydrogens (tertiary/aromatic N) is 2. The van der Waals surface area contributed by atoms with Gasteiger partial charge >= 0.3 is 16.8 Å². The van der Waals surface area contributed by atoms with Crippen molar-refractivity contribution in [3.63, 3.8) is 0 Å². The number of hydrogen-bond donors (Lipinski definition) is 2. The molecule has 0 aliphatic rings. The molecule has 0 spiro atoms. The van der Waals surface area contributed by atoms with Crippen LogP contribution in [0.4, 0.5) is 0 Å². The number of rotatable bonds is 2. The molecule has 2 aromatic rings. The molecule has 0 aromatic carbocycles. The van der Waals surface area contributed by atoms with Crippen LogP contribution < -0.4 is 10.2 Å². The number of aromatic amines is 2. The number of aromatic carboxylic acids is 2. The quantitative estimate of drug-likeness (QED) is 0.626. The minimum Gasteiger partial charge on any atom is -0.542 e. The zero-order chi connectivity index (χ0) is 12.0. The Balaban J connectivity index is 0.000000284. The molecule has 2 rings (SSSR count). The third-order valence-corrected chi connectivity index (χ3v) is 1.38. The summed E-state index contributed by atoms with van der Waals surface area (Å²) in [6, 6.07) is 0. The minimum atomic E-state index is -1.28. The Hall–Kier alpha value is -2.13. The van der Waals surface area contributed by atoms with Crippen molar-refractivity contribution >= 4 is 11.9 Å². The number of aromatic nitrogens is 4. The fourth-order valence-corrected chi connectivity index (χ4v) is 0.754. The number of imidazole rings is 2. The van der Waals surface area contributed by atoms with Crippen molar-refractivity contribution in [1.29, 1.82) is 0 Å². The van der Waals surface area contributed by atoms with Gasteiger partial charge in [0.2, 0.25) is 0 Å². The predicted octanol–water partition coefficient (Wildman–Crippen LogP) is -2.46. The van der Waals surface area contributed by atoms with Crippen molar-refractivity contribution in [2.24, 2.45) is 0 Å². The van der Waals surface area contributed by atoms with Crippen LogP contribution >= 0.6 is 0 Å². The summed E-state index contributed by atoms with van der Waals surface area (Å²) in [5.41, 5.74) is 0. The number of carboxylic acid groups (broad SMARTS) is 2. The summed E-state index contributed by atoms with van der Waals surface area (Å²) in [6.45, 7) is 0. The molecule has 0 aliphatic heterocycles. The molecular weight excluding hydrogens is 275 g/mol. The summed E-state index contributed by atoms with van der Waals surface area (Å²) in [7, 11) is 0. The SMILES string of the molecule is O=C([O-])c1ncc[nH]1.O=C([O-])c1ncc[nH]1.[Co+2]. The molecule has 2 heterocycles. The third kappa shape index (κ3) is 4.95. The van der Waals surface area contributed by atoms with E-state index in [1.807, 2.05) is 0 Å². The molecule has 0 aliphatic carbocycles. The van der Waals surface area contributed by atoms with Gasteiger partial charge in [-0.25, -0.2) is 9.97 Å². The summed E-state index contributed by atoms with van der Waals surface area (Å²) in [6.07, 6.45) is 5.55. The normalized spacial score (nSPS) is 8.47. The molecule has 2 N–H and O–H groups in total. The van der Waals surface area contributed by atoms with E-state index in [0.717, 1.165) is 0 Å². The molecule has 91 valence electrons. The number of hydrogen-bond acceptors (Lipinski definition) is 6. The van der Waals surface area contributed by atoms with Crippen molar-refractivity contribution in [2.75, 3.05) is 0 Å². The standard InChI is InChI=1S/2C4H4N2O2.Co/c2*7-4(8)3-5-1-2-6-3;/h2*1-2H,(H,5,6)(H,7,8);/q;;+2/p-2. The Morgan fingerprint density at radius 2 is 1.29 bits per heavy atom. The van der Waals surface area contributed by atoms with Gasteiger partial charge in [0.05, 0.1) is 0 Å². The van der Waals surface area contributed by atoms with Gasteiger partial charge in [-0.15, -0.1) is 0 Å². The Bertz CT molecular complexity index is 410. The van der Waals surface area contributed by atoms with Crippen LogP contribution in [-0.4, -0.2) is 31.9 Å². The molecule has 1 radical (unpaired) electrons. The van der Waals surface area contributed by atoms with E-state index in [1.165, 1.54) is 24.8 Å². The predicted molar refractivity (Wildman–Crippen MR) is 45.8 cm³/mol. The van der Waals surface area contributed by atoms with Crippen molar-refractivity contribution in [1.82, 2.24) is 19.9 Å². The van der Waals surface area contributed by atoms with Gasteiger partial charge in [0.1, 0.15) is 11.9 Å². The minimum absolute atomic E-state index is 0. The van der Waals surface area contributed by atoms with E-state index < -0.39 is 11.9 Å². The molecule has 0 amide bonds. The van der Waals surface area contributed by atoms with Crippen LogP contribution in [0, 0.1) is 0 Å². The topological polar surface area (TPSA) is 138 Å². The monoisotopic (exact) mass is 281 g/mol. The Morgan fingerprint density at radius 3 is 1.41 bits per heavy atom. The van der Waals surface area contributed by atoms with E-state index in [0.29, 0.717) is 0 Å². The van der Waals surface area contributed by atoms with Gasteiger partial charge in [-0.1, -0.05) is 0 Å². The van der Waals surface area contributed by atoms with Crippen LogP contribution in [0.15, 0.2) is 24.8 Å². The van der Waals surface area contributed by atoms with Crippen LogP contribution in [0.5, 0.6) is 0 Å². The van der Waals surface area contributed by atoms with E-state index >= 15 is 0 Å². The summed E-state index contributed by atoms with van der Waals surface area (Å²) < 4.78 is 0. The van der Waals surface area contributed by atoms with Gasteiger partial charge in [0.15, 0.2) is 11.6 Å². The number of carbonyl (C=O) groups excluding carboxylic acids is 2. The van der Waals surface area contributed by atoms with Crippen LogP contribution in [0.3, 0.4) is 0 Å². The van der Waals surface area contributed by atoms with Crippen LogP contribution in [0.25, 0.3) is 0 Å². The first-order valence-corrected chi connectivity index (χ1v) is 4.02. The fourth-order valence-electron chi connectivity index (χ4n) is 0.754. The van der Waals surface area contributed by atoms with Crippen LogP contribution in [0.1, 0.15) is 21.2 Å². The number of H-pyrrole nitrogens is 2. The van der Waals surface area contributed by atoms with Crippen molar-refractivity contribution in [3.05, 3.63) is 36.4 Å². The molecule has 17 heavy (non-hydrogen) atoms. The van der Waals surface area contributed by atoms with Gasteiger partial charge < -0.3 is 29.8 Å². The first-order valence-electron chi connectivity index (χ1n) is 4.02. The van der Waals surface area contributed by atoms with Gasteiger partial charge in [-0.2, -0.15) is 0 Å². The van der Waals surface area contributed by atoms with E-state index in [9.17, 15) is 19.8 Å². The number of carbonyl (C=O) groups is 2. The molecular formula is C8H6CoN4O4. The van der Waals surface area contributed by atoms with Gasteiger partial charge in [-0.3, -0.25) is 0 Å². The summed E-state index contributed by atoms with van der Waals surface area (Å²) >= 11 is 0. The van der Waals surface area contributed by atoms with Crippen molar-refractivity contribution in [2.45, 2.75) is 0 Å². The van der Waals surface area contributed by atoms with E-state index in [2.05, 4.69) is 19.9 Å². The summed E-state index contributed by atoms with van der Waals surface area (Å²) in [4.78, 5) is 31.2. The van der Waals surface area contributed by atoms with Gasteiger partial charge in [0.25, 0.3) is 0 Å². The molecule has 0 saturated carbocycles. The van der Waals surface area contributed by atoms with Crippen molar-refractivity contribution in [3.8, 4) is 0 Å². The maximum atomic E-state index is 9.86. The van der Waals surface area contributed by atoms with E-state index in [-0.39, 0.29) is 28.4 Å². The smallest absolute Gasteiger partial charge is 0.542 e.